The third-order valence-electron chi connectivity index (χ3n) is 3.43. The molecule has 3 nitrogen and oxygen atoms in total. The topological polar surface area (TPSA) is 31.9 Å². The highest BCUT2D eigenvalue weighted by Crippen LogP contribution is 2.23. The zero-order valence-corrected chi connectivity index (χ0v) is 12.7. The van der Waals surface area contributed by atoms with E-state index in [-0.39, 0.29) is 0 Å². The number of hydrogen-bond acceptors (Lipinski definition) is 2. The highest BCUT2D eigenvalue weighted by Gasteiger charge is 2.17. The Morgan fingerprint density at radius 3 is 2.58 bits per heavy atom. The Kier molecular flexibility index (Phi) is 4.83. The molecule has 2 aromatic rings. The van der Waals surface area contributed by atoms with E-state index in [9.17, 15) is 0 Å². The molecule has 1 aromatic carbocycles. The van der Waals surface area contributed by atoms with Gasteiger partial charge in [0.2, 0.25) is 0 Å². The third-order valence-corrected chi connectivity index (χ3v) is 3.66. The number of rotatable bonds is 6. The number of imidazole rings is 1. The molecule has 0 amide bonds. The lowest BCUT2D eigenvalue weighted by Gasteiger charge is -2.26. The van der Waals surface area contributed by atoms with E-state index in [0.717, 1.165) is 47.8 Å². The quantitative estimate of drug-likeness (QED) is 0.850. The minimum atomic E-state index is 0.311. The number of aromatic nitrogens is 2. The molecule has 1 aromatic heterocycles. The predicted molar refractivity (Wildman–Crippen MR) is 81.7 cm³/mol. The lowest BCUT2D eigenvalue weighted by molar-refractivity contribution is 0.205. The second-order valence-electron chi connectivity index (χ2n) is 5.00. The van der Waals surface area contributed by atoms with Crippen LogP contribution >= 0.6 is 11.6 Å². The van der Waals surface area contributed by atoms with Crippen molar-refractivity contribution in [2.24, 2.45) is 0 Å². The van der Waals surface area contributed by atoms with Crippen LogP contribution in [0.1, 0.15) is 45.5 Å². The molecule has 0 spiro atoms. The Morgan fingerprint density at radius 1 is 1.26 bits per heavy atom. The van der Waals surface area contributed by atoms with Gasteiger partial charge in [-0.2, -0.15) is 0 Å². The van der Waals surface area contributed by atoms with Gasteiger partial charge in [0, 0.05) is 5.02 Å². The Labute approximate surface area is 120 Å². The van der Waals surface area contributed by atoms with Crippen LogP contribution in [0.15, 0.2) is 18.2 Å². The van der Waals surface area contributed by atoms with Crippen LogP contribution in [0.4, 0.5) is 0 Å². The van der Waals surface area contributed by atoms with E-state index in [1.54, 1.807) is 0 Å². The molecule has 1 heterocycles. The van der Waals surface area contributed by atoms with E-state index in [1.807, 2.05) is 18.2 Å². The summed E-state index contributed by atoms with van der Waals surface area (Å²) < 4.78 is 0. The van der Waals surface area contributed by atoms with Gasteiger partial charge in [0.25, 0.3) is 0 Å². The fraction of sp³-hybridized carbons (Fsp3) is 0.533. The standard InChI is InChI=1S/C15H22ClN3/c1-4-8-19(9-5-2)11(3)15-17-13-7-6-12(16)10-14(13)18-15/h6-7,10-11H,4-5,8-9H2,1-3H3,(H,17,18). The highest BCUT2D eigenvalue weighted by atomic mass is 35.5. The summed E-state index contributed by atoms with van der Waals surface area (Å²) in [6.45, 7) is 8.85. The van der Waals surface area contributed by atoms with Gasteiger partial charge in [0.1, 0.15) is 5.82 Å². The summed E-state index contributed by atoms with van der Waals surface area (Å²) >= 11 is 6.01. The molecule has 2 rings (SSSR count). The van der Waals surface area contributed by atoms with Gasteiger partial charge in [-0.05, 0) is 51.1 Å². The molecule has 0 aliphatic heterocycles. The van der Waals surface area contributed by atoms with Crippen molar-refractivity contribution in [3.05, 3.63) is 29.0 Å². The zero-order valence-electron chi connectivity index (χ0n) is 11.9. The molecule has 104 valence electrons. The van der Waals surface area contributed by atoms with Gasteiger partial charge >= 0.3 is 0 Å². The summed E-state index contributed by atoms with van der Waals surface area (Å²) in [6, 6.07) is 6.10. The largest absolute Gasteiger partial charge is 0.341 e. The molecule has 1 N–H and O–H groups in total. The number of nitrogens with zero attached hydrogens (tertiary/aromatic N) is 2. The Balaban J connectivity index is 2.26. The Hall–Kier alpha value is -1.06. The summed E-state index contributed by atoms with van der Waals surface area (Å²) in [6.07, 6.45) is 2.33. The monoisotopic (exact) mass is 279 g/mol. The predicted octanol–water partition coefficient (Wildman–Crippen LogP) is 4.40. The van der Waals surface area contributed by atoms with Crippen molar-refractivity contribution in [3.8, 4) is 0 Å². The maximum Gasteiger partial charge on any atom is 0.124 e. The summed E-state index contributed by atoms with van der Waals surface area (Å²) in [7, 11) is 0. The molecule has 0 radical (unpaired) electrons. The van der Waals surface area contributed by atoms with Crippen molar-refractivity contribution in [2.45, 2.75) is 39.7 Å². The number of halogens is 1. The fourth-order valence-corrected chi connectivity index (χ4v) is 2.62. The first-order valence-corrected chi connectivity index (χ1v) is 7.42. The van der Waals surface area contributed by atoms with Crippen molar-refractivity contribution < 1.29 is 0 Å². The number of H-pyrrole nitrogens is 1. The molecule has 0 aliphatic rings. The van der Waals surface area contributed by atoms with E-state index in [0.29, 0.717) is 6.04 Å². The van der Waals surface area contributed by atoms with Crippen LogP contribution in [0.25, 0.3) is 11.0 Å². The van der Waals surface area contributed by atoms with E-state index in [4.69, 9.17) is 11.6 Å². The average Bonchev–Trinajstić information content (AvgIpc) is 2.80. The summed E-state index contributed by atoms with van der Waals surface area (Å²) in [5, 5.41) is 0.745. The van der Waals surface area contributed by atoms with Gasteiger partial charge in [0.15, 0.2) is 0 Å². The minimum Gasteiger partial charge on any atom is -0.341 e. The third kappa shape index (κ3) is 3.28. The van der Waals surface area contributed by atoms with Crippen LogP contribution in [-0.2, 0) is 0 Å². The first-order chi connectivity index (χ1) is 9.15. The summed E-state index contributed by atoms with van der Waals surface area (Å²) in [5.74, 6) is 1.03. The van der Waals surface area contributed by atoms with E-state index in [2.05, 4.69) is 35.6 Å². The van der Waals surface area contributed by atoms with Crippen LogP contribution in [0.2, 0.25) is 5.02 Å². The number of fused-ring (bicyclic) bond motifs is 1. The van der Waals surface area contributed by atoms with Crippen LogP contribution < -0.4 is 0 Å². The van der Waals surface area contributed by atoms with Crippen molar-refractivity contribution in [1.29, 1.82) is 0 Å². The maximum atomic E-state index is 6.01. The molecule has 19 heavy (non-hydrogen) atoms. The summed E-state index contributed by atoms with van der Waals surface area (Å²) in [5.41, 5.74) is 2.00. The molecule has 0 fully saturated rings. The Bertz CT molecular complexity index is 529. The normalized spacial score (nSPS) is 13.3. The van der Waals surface area contributed by atoms with Crippen LogP contribution in [0, 0.1) is 0 Å². The molecular weight excluding hydrogens is 258 g/mol. The zero-order chi connectivity index (χ0) is 13.8. The molecule has 0 bridgehead atoms. The van der Waals surface area contributed by atoms with Crippen LogP contribution in [0.5, 0.6) is 0 Å². The van der Waals surface area contributed by atoms with Gasteiger partial charge in [-0.15, -0.1) is 0 Å². The molecule has 4 heteroatoms. The van der Waals surface area contributed by atoms with Crippen LogP contribution in [0.3, 0.4) is 0 Å². The van der Waals surface area contributed by atoms with E-state index >= 15 is 0 Å². The van der Waals surface area contributed by atoms with Gasteiger partial charge in [0.05, 0.1) is 17.1 Å². The van der Waals surface area contributed by atoms with Gasteiger partial charge in [-0.25, -0.2) is 4.98 Å². The first-order valence-electron chi connectivity index (χ1n) is 7.05. The SMILES string of the molecule is CCCN(CCC)C(C)c1nc2ccc(Cl)cc2[nH]1. The highest BCUT2D eigenvalue weighted by molar-refractivity contribution is 6.31. The molecule has 1 atom stereocenters. The first kappa shape index (κ1) is 14.4. The number of benzene rings is 1. The van der Waals surface area contributed by atoms with Crippen molar-refractivity contribution in [3.63, 3.8) is 0 Å². The number of nitrogens with one attached hydrogen (secondary N) is 1. The van der Waals surface area contributed by atoms with Crippen molar-refractivity contribution in [2.75, 3.05) is 13.1 Å². The van der Waals surface area contributed by atoms with E-state index in [1.165, 1.54) is 0 Å². The molecule has 0 saturated heterocycles. The Morgan fingerprint density at radius 2 is 1.95 bits per heavy atom. The minimum absolute atomic E-state index is 0.311. The fourth-order valence-electron chi connectivity index (χ4n) is 2.45. The second-order valence-corrected chi connectivity index (χ2v) is 5.43. The summed E-state index contributed by atoms with van der Waals surface area (Å²) in [4.78, 5) is 10.6. The van der Waals surface area contributed by atoms with Gasteiger partial charge in [-0.1, -0.05) is 25.4 Å². The van der Waals surface area contributed by atoms with Crippen molar-refractivity contribution >= 4 is 22.6 Å². The lowest BCUT2D eigenvalue weighted by atomic mass is 10.2. The smallest absolute Gasteiger partial charge is 0.124 e. The number of aromatic amines is 1. The van der Waals surface area contributed by atoms with E-state index < -0.39 is 0 Å². The molecular formula is C15H22ClN3. The van der Waals surface area contributed by atoms with Gasteiger partial charge < -0.3 is 4.98 Å². The molecule has 0 aliphatic carbocycles. The van der Waals surface area contributed by atoms with Gasteiger partial charge in [-0.3, -0.25) is 4.90 Å². The average molecular weight is 280 g/mol. The van der Waals surface area contributed by atoms with Crippen LogP contribution in [-0.4, -0.2) is 28.0 Å². The lowest BCUT2D eigenvalue weighted by Crippen LogP contribution is -2.29. The maximum absolute atomic E-state index is 6.01. The molecule has 1 unspecified atom stereocenters. The number of hydrogen-bond donors (Lipinski definition) is 1. The molecule has 0 saturated carbocycles. The second kappa shape index (κ2) is 6.40. The van der Waals surface area contributed by atoms with Crippen molar-refractivity contribution in [1.82, 2.24) is 14.9 Å².